The second-order valence-corrected chi connectivity index (χ2v) is 5.45. The molecule has 0 unspecified atom stereocenters. The molecule has 0 radical (unpaired) electrons. The van der Waals surface area contributed by atoms with Crippen LogP contribution in [0.4, 0.5) is 0 Å². The number of hydrogen-bond donors (Lipinski definition) is 0. The summed E-state index contributed by atoms with van der Waals surface area (Å²) in [6, 6.07) is 8.64. The summed E-state index contributed by atoms with van der Waals surface area (Å²) in [5.41, 5.74) is 2.26. The van der Waals surface area contributed by atoms with Crippen LogP contribution in [0.1, 0.15) is 44.1 Å². The van der Waals surface area contributed by atoms with Crippen molar-refractivity contribution in [3.8, 4) is 5.69 Å². The first-order valence-corrected chi connectivity index (χ1v) is 7.14. The van der Waals surface area contributed by atoms with Gasteiger partial charge in [0.1, 0.15) is 18.5 Å². The van der Waals surface area contributed by atoms with Crippen molar-refractivity contribution >= 4 is 0 Å². The molecule has 5 nitrogen and oxygen atoms in total. The molecule has 3 rings (SSSR count). The number of rotatable bonds is 4. The molecular weight excluding hydrogens is 262 g/mol. The van der Waals surface area contributed by atoms with Gasteiger partial charge in [0.2, 0.25) is 0 Å². The number of benzene rings is 1. The first-order valence-electron chi connectivity index (χ1n) is 7.14. The van der Waals surface area contributed by atoms with E-state index in [9.17, 15) is 0 Å². The molecule has 0 N–H and O–H groups in total. The highest BCUT2D eigenvalue weighted by molar-refractivity contribution is 5.34. The van der Waals surface area contributed by atoms with Crippen molar-refractivity contribution < 1.29 is 0 Å². The Hall–Kier alpha value is -2.43. The molecule has 0 saturated heterocycles. The number of nitrogens with zero attached hydrogens (tertiary/aromatic N) is 5. The Kier molecular flexibility index (Phi) is 3.56. The minimum Gasteiger partial charge on any atom is -0.328 e. The number of aromatic nitrogens is 5. The molecule has 0 aliphatic carbocycles. The van der Waals surface area contributed by atoms with Crippen LogP contribution >= 0.6 is 0 Å². The van der Waals surface area contributed by atoms with E-state index in [0.29, 0.717) is 5.92 Å². The van der Waals surface area contributed by atoms with Crippen molar-refractivity contribution in [3.63, 3.8) is 0 Å². The Morgan fingerprint density at radius 1 is 1.05 bits per heavy atom. The Morgan fingerprint density at radius 2 is 1.81 bits per heavy atom. The van der Waals surface area contributed by atoms with Crippen molar-refractivity contribution in [1.82, 2.24) is 24.3 Å². The van der Waals surface area contributed by atoms with Gasteiger partial charge in [-0.25, -0.2) is 14.6 Å². The van der Waals surface area contributed by atoms with E-state index in [2.05, 4.69) is 64.7 Å². The van der Waals surface area contributed by atoms with Crippen molar-refractivity contribution in [2.24, 2.45) is 0 Å². The van der Waals surface area contributed by atoms with Crippen molar-refractivity contribution in [2.45, 2.75) is 32.7 Å². The van der Waals surface area contributed by atoms with Crippen molar-refractivity contribution in [1.29, 1.82) is 0 Å². The van der Waals surface area contributed by atoms with E-state index in [1.54, 1.807) is 11.0 Å². The summed E-state index contributed by atoms with van der Waals surface area (Å²) in [6.45, 7) is 6.52. The van der Waals surface area contributed by atoms with Crippen LogP contribution in [0, 0.1) is 0 Å². The second kappa shape index (κ2) is 5.52. The minimum atomic E-state index is 0.259. The molecule has 0 saturated carbocycles. The van der Waals surface area contributed by atoms with E-state index >= 15 is 0 Å². The second-order valence-electron chi connectivity index (χ2n) is 5.45. The minimum absolute atomic E-state index is 0.259. The van der Waals surface area contributed by atoms with Crippen LogP contribution in [-0.4, -0.2) is 24.3 Å². The monoisotopic (exact) mass is 281 g/mol. The lowest BCUT2D eigenvalue weighted by molar-refractivity contribution is 0.578. The summed E-state index contributed by atoms with van der Waals surface area (Å²) in [7, 11) is 0. The fourth-order valence-corrected chi connectivity index (χ4v) is 2.51. The van der Waals surface area contributed by atoms with Gasteiger partial charge >= 0.3 is 0 Å². The van der Waals surface area contributed by atoms with Gasteiger partial charge in [-0.15, -0.1) is 0 Å². The van der Waals surface area contributed by atoms with E-state index in [0.717, 1.165) is 11.5 Å². The molecular formula is C16H19N5. The fourth-order valence-electron chi connectivity index (χ4n) is 2.51. The summed E-state index contributed by atoms with van der Waals surface area (Å²) in [5.74, 6) is 1.53. The maximum atomic E-state index is 4.46. The van der Waals surface area contributed by atoms with E-state index in [4.69, 9.17) is 0 Å². The van der Waals surface area contributed by atoms with E-state index in [1.165, 1.54) is 11.9 Å². The van der Waals surface area contributed by atoms with Gasteiger partial charge in [-0.3, -0.25) is 0 Å². The Morgan fingerprint density at radius 3 is 2.43 bits per heavy atom. The van der Waals surface area contributed by atoms with Crippen LogP contribution in [0.3, 0.4) is 0 Å². The van der Waals surface area contributed by atoms with Crippen LogP contribution < -0.4 is 0 Å². The van der Waals surface area contributed by atoms with Gasteiger partial charge in [0, 0.05) is 18.3 Å². The van der Waals surface area contributed by atoms with Crippen LogP contribution in [0.25, 0.3) is 5.69 Å². The quantitative estimate of drug-likeness (QED) is 0.738. The zero-order chi connectivity index (χ0) is 14.8. The Bertz CT molecular complexity index is 695. The van der Waals surface area contributed by atoms with Crippen LogP contribution in [-0.2, 0) is 0 Å². The fraction of sp³-hybridized carbons (Fsp3) is 0.312. The molecule has 108 valence electrons. The van der Waals surface area contributed by atoms with Crippen molar-refractivity contribution in [3.05, 3.63) is 60.7 Å². The molecule has 5 heteroatoms. The smallest absolute Gasteiger partial charge is 0.138 e. The van der Waals surface area contributed by atoms with Gasteiger partial charge in [-0.1, -0.05) is 26.0 Å². The zero-order valence-corrected chi connectivity index (χ0v) is 12.5. The van der Waals surface area contributed by atoms with Crippen LogP contribution in [0.15, 0.2) is 49.3 Å². The maximum absolute atomic E-state index is 4.46. The predicted molar refractivity (Wildman–Crippen MR) is 81.5 cm³/mol. The highest BCUT2D eigenvalue weighted by atomic mass is 15.3. The molecule has 2 aromatic heterocycles. The van der Waals surface area contributed by atoms with Gasteiger partial charge in [0.25, 0.3) is 0 Å². The third-order valence-electron chi connectivity index (χ3n) is 3.69. The number of hydrogen-bond acceptors (Lipinski definition) is 3. The molecule has 0 bridgehead atoms. The van der Waals surface area contributed by atoms with Gasteiger partial charge < -0.3 is 4.57 Å². The molecule has 0 aliphatic heterocycles. The van der Waals surface area contributed by atoms with Crippen molar-refractivity contribution in [2.75, 3.05) is 0 Å². The molecule has 1 aromatic carbocycles. The number of imidazole rings is 1. The van der Waals surface area contributed by atoms with Gasteiger partial charge in [-0.2, -0.15) is 5.10 Å². The Labute approximate surface area is 124 Å². The van der Waals surface area contributed by atoms with E-state index < -0.39 is 0 Å². The highest BCUT2D eigenvalue weighted by Crippen LogP contribution is 2.23. The topological polar surface area (TPSA) is 48.5 Å². The summed E-state index contributed by atoms with van der Waals surface area (Å²) >= 11 is 0. The first kappa shape index (κ1) is 13.5. The van der Waals surface area contributed by atoms with Crippen LogP contribution in [0.5, 0.6) is 0 Å². The summed E-state index contributed by atoms with van der Waals surface area (Å²) < 4.78 is 3.99. The maximum Gasteiger partial charge on any atom is 0.138 e. The zero-order valence-electron chi connectivity index (χ0n) is 12.5. The van der Waals surface area contributed by atoms with E-state index in [-0.39, 0.29) is 6.04 Å². The predicted octanol–water partition coefficient (Wildman–Crippen LogP) is 3.20. The average Bonchev–Trinajstić information content (AvgIpc) is 3.18. The molecule has 21 heavy (non-hydrogen) atoms. The lowest BCUT2D eigenvalue weighted by atomic mass is 10.1. The molecule has 0 aliphatic rings. The Balaban J connectivity index is 1.88. The molecule has 2 heterocycles. The molecule has 1 atom stereocenters. The largest absolute Gasteiger partial charge is 0.328 e. The summed E-state index contributed by atoms with van der Waals surface area (Å²) in [4.78, 5) is 8.43. The lowest BCUT2D eigenvalue weighted by Crippen LogP contribution is -2.11. The normalized spacial score (nSPS) is 12.8. The molecule has 0 spiro atoms. The average molecular weight is 281 g/mol. The third-order valence-corrected chi connectivity index (χ3v) is 3.69. The third kappa shape index (κ3) is 2.59. The highest BCUT2D eigenvalue weighted by Gasteiger charge is 2.14. The van der Waals surface area contributed by atoms with Gasteiger partial charge in [0.05, 0.1) is 11.7 Å². The molecule has 0 fully saturated rings. The molecule has 3 aromatic rings. The summed E-state index contributed by atoms with van der Waals surface area (Å²) in [6.07, 6.45) is 7.16. The summed E-state index contributed by atoms with van der Waals surface area (Å²) in [5, 5.41) is 4.14. The lowest BCUT2D eigenvalue weighted by Gasteiger charge is -2.18. The molecule has 0 amide bonds. The van der Waals surface area contributed by atoms with Crippen LogP contribution in [0.2, 0.25) is 0 Å². The van der Waals surface area contributed by atoms with Gasteiger partial charge in [0.15, 0.2) is 0 Å². The standard InChI is InChI=1S/C16H19N5/c1-12(2)16-18-8-9-20(16)13(3)14-4-6-15(7-5-14)21-11-17-10-19-21/h4-13H,1-3H3/t13-/m1/s1. The van der Waals surface area contributed by atoms with Gasteiger partial charge in [-0.05, 0) is 24.6 Å². The SMILES string of the molecule is CC(C)c1nccn1[C@H](C)c1ccc(-n2cncn2)cc1. The van der Waals surface area contributed by atoms with E-state index in [1.807, 2.05) is 12.4 Å². The first-order chi connectivity index (χ1) is 10.2.